The zero-order valence-electron chi connectivity index (χ0n) is 17.3. The van der Waals surface area contributed by atoms with Crippen molar-refractivity contribution in [3.8, 4) is 0 Å². The van der Waals surface area contributed by atoms with Crippen LogP contribution in [0.25, 0.3) is 0 Å². The number of rotatable bonds is 5. The van der Waals surface area contributed by atoms with E-state index in [1.165, 1.54) is 15.9 Å². The summed E-state index contributed by atoms with van der Waals surface area (Å²) in [6.45, 7) is 0.899. The fourth-order valence-electron chi connectivity index (χ4n) is 3.62. The fraction of sp³-hybridized carbons (Fsp3) is 0.167. The van der Waals surface area contributed by atoms with Crippen molar-refractivity contribution in [3.05, 3.63) is 95.1 Å². The van der Waals surface area contributed by atoms with E-state index >= 15 is 0 Å². The first-order chi connectivity index (χ1) is 15.8. The van der Waals surface area contributed by atoms with Gasteiger partial charge in [0.15, 0.2) is 0 Å². The average Bonchev–Trinajstić information content (AvgIpc) is 2.77. The molecule has 3 aromatic rings. The number of halogens is 4. The van der Waals surface area contributed by atoms with Crippen LogP contribution in [-0.4, -0.2) is 29.9 Å². The first kappa shape index (κ1) is 22.3. The van der Waals surface area contributed by atoms with Crippen molar-refractivity contribution in [2.45, 2.75) is 13.0 Å². The van der Waals surface area contributed by atoms with Gasteiger partial charge >= 0.3 is 6.03 Å². The van der Waals surface area contributed by atoms with Crippen LogP contribution in [0, 0.1) is 23.3 Å². The molecule has 3 aromatic carbocycles. The summed E-state index contributed by atoms with van der Waals surface area (Å²) in [6.07, 6.45) is 0.650. The minimum absolute atomic E-state index is 0.0127. The maximum atomic E-state index is 14.0. The summed E-state index contributed by atoms with van der Waals surface area (Å²) in [5.74, 6) is -3.88. The van der Waals surface area contributed by atoms with Gasteiger partial charge in [-0.1, -0.05) is 6.07 Å². The second-order valence-corrected chi connectivity index (χ2v) is 7.57. The summed E-state index contributed by atoms with van der Waals surface area (Å²) in [7, 11) is 0. The molecule has 1 saturated heterocycles. The van der Waals surface area contributed by atoms with Crippen LogP contribution in [0.1, 0.15) is 22.3 Å². The van der Waals surface area contributed by atoms with E-state index in [1.54, 1.807) is 24.3 Å². The fourth-order valence-corrected chi connectivity index (χ4v) is 3.62. The lowest BCUT2D eigenvalue weighted by atomic mass is 10.1. The Morgan fingerprint density at radius 3 is 2.18 bits per heavy atom. The Balaban J connectivity index is 1.44. The highest BCUT2D eigenvalue weighted by Gasteiger charge is 2.27. The van der Waals surface area contributed by atoms with Crippen molar-refractivity contribution < 1.29 is 27.2 Å². The Morgan fingerprint density at radius 2 is 1.52 bits per heavy atom. The molecule has 0 saturated carbocycles. The predicted octanol–water partition coefficient (Wildman–Crippen LogP) is 5.33. The molecule has 5 nitrogen and oxygen atoms in total. The maximum absolute atomic E-state index is 14.0. The quantitative estimate of drug-likeness (QED) is 0.527. The van der Waals surface area contributed by atoms with E-state index in [9.17, 15) is 27.2 Å². The zero-order valence-corrected chi connectivity index (χ0v) is 17.3. The minimum atomic E-state index is -0.972. The van der Waals surface area contributed by atoms with Crippen LogP contribution in [0.4, 0.5) is 33.7 Å². The van der Waals surface area contributed by atoms with Gasteiger partial charge in [0.2, 0.25) is 0 Å². The maximum Gasteiger partial charge on any atom is 0.324 e. The molecule has 3 amide bonds. The first-order valence-corrected chi connectivity index (χ1v) is 10.2. The summed E-state index contributed by atoms with van der Waals surface area (Å²) in [4.78, 5) is 28.2. The number of hydrogen-bond donors (Lipinski definition) is 1. The van der Waals surface area contributed by atoms with Gasteiger partial charge in [-0.2, -0.15) is 0 Å². The number of hydrogen-bond acceptors (Lipinski definition) is 2. The zero-order chi connectivity index (χ0) is 23.5. The van der Waals surface area contributed by atoms with E-state index in [-0.39, 0.29) is 23.7 Å². The monoisotopic (exact) mass is 457 g/mol. The van der Waals surface area contributed by atoms with Gasteiger partial charge in [0.1, 0.15) is 23.3 Å². The van der Waals surface area contributed by atoms with Crippen molar-refractivity contribution in [1.82, 2.24) is 4.90 Å². The minimum Gasteiger partial charge on any atom is -0.322 e. The van der Waals surface area contributed by atoms with E-state index in [0.29, 0.717) is 37.0 Å². The number of carbonyl (C=O) groups excluding carboxylic acids is 2. The summed E-state index contributed by atoms with van der Waals surface area (Å²) < 4.78 is 54.0. The molecule has 0 aromatic heterocycles. The van der Waals surface area contributed by atoms with Gasteiger partial charge in [-0.15, -0.1) is 0 Å². The van der Waals surface area contributed by atoms with Crippen LogP contribution >= 0.6 is 0 Å². The van der Waals surface area contributed by atoms with Gasteiger partial charge in [-0.25, -0.2) is 22.4 Å². The molecule has 1 aliphatic rings. The molecule has 1 fully saturated rings. The molecule has 33 heavy (non-hydrogen) atoms. The third kappa shape index (κ3) is 4.97. The molecule has 9 heteroatoms. The van der Waals surface area contributed by atoms with E-state index < -0.39 is 29.2 Å². The third-order valence-corrected chi connectivity index (χ3v) is 5.30. The molecule has 1 N–H and O–H groups in total. The summed E-state index contributed by atoms with van der Waals surface area (Å²) in [6, 6.07) is 12.0. The van der Waals surface area contributed by atoms with Crippen LogP contribution in [0.15, 0.2) is 60.7 Å². The second-order valence-electron chi connectivity index (χ2n) is 7.57. The van der Waals surface area contributed by atoms with Gasteiger partial charge in [0.05, 0.1) is 12.1 Å². The van der Waals surface area contributed by atoms with E-state index in [4.69, 9.17) is 0 Å². The third-order valence-electron chi connectivity index (χ3n) is 5.30. The highest BCUT2D eigenvalue weighted by molar-refractivity contribution is 6.04. The molecule has 0 aliphatic carbocycles. The van der Waals surface area contributed by atoms with E-state index in [0.717, 1.165) is 24.3 Å². The number of carbonyl (C=O) groups is 2. The summed E-state index contributed by atoms with van der Waals surface area (Å²) in [5.41, 5.74) is 0.852. The topological polar surface area (TPSA) is 52.7 Å². The molecular formula is C24H19F4N3O2. The molecule has 170 valence electrons. The van der Waals surface area contributed by atoms with Gasteiger partial charge in [0, 0.05) is 42.2 Å². The van der Waals surface area contributed by atoms with Crippen LogP contribution in [0.5, 0.6) is 0 Å². The lowest BCUT2D eigenvalue weighted by Crippen LogP contribution is -2.49. The standard InChI is InChI=1S/C24H19F4N3O2/c25-16-3-2-15(21(27)12-16)14-30-10-1-11-31(24(30)33)19-7-5-18(6-8-19)29-23(32)20-9-4-17(26)13-22(20)28/h2-9,12-13H,1,10-11,14H2,(H,29,32). The molecule has 0 unspecified atom stereocenters. The van der Waals surface area contributed by atoms with Crippen LogP contribution in [0.2, 0.25) is 0 Å². The highest BCUT2D eigenvalue weighted by atomic mass is 19.1. The molecular weight excluding hydrogens is 438 g/mol. The molecule has 0 spiro atoms. The number of nitrogens with one attached hydrogen (secondary N) is 1. The van der Waals surface area contributed by atoms with Crippen molar-refractivity contribution in [2.75, 3.05) is 23.3 Å². The van der Waals surface area contributed by atoms with Crippen LogP contribution in [0.3, 0.4) is 0 Å². The van der Waals surface area contributed by atoms with Crippen molar-refractivity contribution in [3.63, 3.8) is 0 Å². The first-order valence-electron chi connectivity index (χ1n) is 10.2. The van der Waals surface area contributed by atoms with Crippen molar-refractivity contribution >= 4 is 23.3 Å². The number of nitrogens with zero attached hydrogens (tertiary/aromatic N) is 2. The van der Waals surface area contributed by atoms with Crippen molar-refractivity contribution in [1.29, 1.82) is 0 Å². The molecule has 0 bridgehead atoms. The Morgan fingerprint density at radius 1 is 0.848 bits per heavy atom. The molecule has 4 rings (SSSR count). The normalized spacial score (nSPS) is 13.9. The van der Waals surface area contributed by atoms with Gasteiger partial charge in [-0.3, -0.25) is 9.69 Å². The van der Waals surface area contributed by atoms with E-state index in [1.807, 2.05) is 0 Å². The van der Waals surface area contributed by atoms with E-state index in [2.05, 4.69) is 5.32 Å². The number of urea groups is 1. The average molecular weight is 457 g/mol. The number of anilines is 2. The molecule has 0 radical (unpaired) electrons. The van der Waals surface area contributed by atoms with Gasteiger partial charge in [0.25, 0.3) is 5.91 Å². The lowest BCUT2D eigenvalue weighted by molar-refractivity contribution is 0.102. The number of amides is 3. The van der Waals surface area contributed by atoms with Crippen LogP contribution in [-0.2, 0) is 6.54 Å². The smallest absolute Gasteiger partial charge is 0.322 e. The highest BCUT2D eigenvalue weighted by Crippen LogP contribution is 2.24. The summed E-state index contributed by atoms with van der Waals surface area (Å²) in [5, 5.41) is 2.52. The lowest BCUT2D eigenvalue weighted by Gasteiger charge is -2.35. The summed E-state index contributed by atoms with van der Waals surface area (Å²) >= 11 is 0. The van der Waals surface area contributed by atoms with Gasteiger partial charge < -0.3 is 10.2 Å². The Bertz CT molecular complexity index is 1200. The Kier molecular flexibility index (Phi) is 6.30. The Hall–Kier alpha value is -3.88. The number of benzene rings is 3. The Labute approximate surface area is 187 Å². The second kappa shape index (κ2) is 9.32. The van der Waals surface area contributed by atoms with Gasteiger partial charge in [-0.05, 0) is 48.9 Å². The molecule has 1 aliphatic heterocycles. The molecule has 0 atom stereocenters. The van der Waals surface area contributed by atoms with Crippen LogP contribution < -0.4 is 10.2 Å². The van der Waals surface area contributed by atoms with Crippen molar-refractivity contribution in [2.24, 2.45) is 0 Å². The predicted molar refractivity (Wildman–Crippen MR) is 115 cm³/mol. The largest absolute Gasteiger partial charge is 0.324 e. The SMILES string of the molecule is O=C(Nc1ccc(N2CCCN(Cc3ccc(F)cc3F)C2=O)cc1)c1ccc(F)cc1F. The molecule has 1 heterocycles.